The zero-order chi connectivity index (χ0) is 49.1. The van der Waals surface area contributed by atoms with Crippen molar-refractivity contribution in [2.75, 3.05) is 9.80 Å². The molecule has 0 atom stereocenters. The summed E-state index contributed by atoms with van der Waals surface area (Å²) in [6.45, 7) is 48.0. The lowest BCUT2D eigenvalue weighted by Crippen LogP contribution is -2.63. The minimum Gasteiger partial charge on any atom is -0.311 e. The molecule has 0 saturated heterocycles. The normalized spacial score (nSPS) is 18.9. The molecular weight excluding hydrogens is 810 g/mol. The van der Waals surface area contributed by atoms with E-state index in [0.29, 0.717) is 5.56 Å². The van der Waals surface area contributed by atoms with Crippen molar-refractivity contribution in [3.8, 4) is 6.07 Å². The van der Waals surface area contributed by atoms with Crippen LogP contribution in [0.15, 0.2) is 72.8 Å². The first kappa shape index (κ1) is 47.3. The van der Waals surface area contributed by atoms with Gasteiger partial charge in [-0.3, -0.25) is 0 Å². The highest BCUT2D eigenvalue weighted by Gasteiger charge is 2.51. The van der Waals surface area contributed by atoms with Gasteiger partial charge in [-0.2, -0.15) is 5.26 Å². The van der Waals surface area contributed by atoms with Gasteiger partial charge in [0.1, 0.15) is 0 Å². The van der Waals surface area contributed by atoms with Crippen LogP contribution < -0.4 is 26.2 Å². The van der Waals surface area contributed by atoms with E-state index in [-0.39, 0.29) is 50.0 Å². The van der Waals surface area contributed by atoms with Crippen molar-refractivity contribution in [2.24, 2.45) is 0 Å². The summed E-state index contributed by atoms with van der Waals surface area (Å²) in [7, 11) is 0. The Balaban J connectivity index is 1.54. The molecule has 4 heteroatoms. The lowest BCUT2D eigenvalue weighted by Gasteiger charge is -2.52. The van der Waals surface area contributed by atoms with Crippen molar-refractivity contribution in [1.82, 2.24) is 0 Å². The minimum atomic E-state index is -0.161. The largest absolute Gasteiger partial charge is 0.311 e. The summed E-state index contributed by atoms with van der Waals surface area (Å²) >= 11 is 0. The van der Waals surface area contributed by atoms with Gasteiger partial charge < -0.3 is 9.80 Å². The maximum absolute atomic E-state index is 11.4. The van der Waals surface area contributed by atoms with E-state index in [1.165, 1.54) is 83.6 Å². The second kappa shape index (κ2) is 14.6. The molecule has 350 valence electrons. The van der Waals surface area contributed by atoms with E-state index >= 15 is 0 Å². The van der Waals surface area contributed by atoms with Crippen LogP contribution >= 0.6 is 0 Å². The van der Waals surface area contributed by atoms with E-state index in [1.807, 2.05) is 0 Å². The maximum atomic E-state index is 11.4. The number of nitriles is 1. The van der Waals surface area contributed by atoms with Gasteiger partial charge in [-0.05, 0) is 160 Å². The van der Waals surface area contributed by atoms with Gasteiger partial charge in [0.2, 0.25) is 0 Å². The van der Waals surface area contributed by atoms with Gasteiger partial charge in [-0.25, -0.2) is 0 Å². The zero-order valence-electron chi connectivity index (χ0n) is 45.2. The van der Waals surface area contributed by atoms with Gasteiger partial charge in [-0.15, -0.1) is 0 Å². The third-order valence-electron chi connectivity index (χ3n) is 16.9. The average molecular weight is 890 g/mol. The molecule has 0 unspecified atom stereocenters. The summed E-state index contributed by atoms with van der Waals surface area (Å²) < 4.78 is 0. The van der Waals surface area contributed by atoms with Crippen LogP contribution in [-0.2, 0) is 43.3 Å². The van der Waals surface area contributed by atoms with Gasteiger partial charge in [-0.1, -0.05) is 181 Å². The Bertz CT molecular complexity index is 2890. The fourth-order valence-corrected chi connectivity index (χ4v) is 12.4. The first-order valence-electron chi connectivity index (χ1n) is 25.5. The Kier molecular flexibility index (Phi) is 10.3. The summed E-state index contributed by atoms with van der Waals surface area (Å²) in [5.41, 5.74) is 22.6. The quantitative estimate of drug-likeness (QED) is 0.162. The number of nitrogens with zero attached hydrogens (tertiary/aromatic N) is 3. The molecule has 5 aromatic rings. The van der Waals surface area contributed by atoms with Gasteiger partial charge in [0, 0.05) is 28.4 Å². The molecule has 0 radical (unpaired) electrons. The highest BCUT2D eigenvalue weighted by atomic mass is 15.2. The van der Waals surface area contributed by atoms with E-state index in [0.717, 1.165) is 37.1 Å². The molecular formula is C63H80BN3. The second-order valence-electron chi connectivity index (χ2n) is 28.0. The van der Waals surface area contributed by atoms with Crippen molar-refractivity contribution in [2.45, 2.75) is 207 Å². The maximum Gasteiger partial charge on any atom is 0.252 e. The van der Waals surface area contributed by atoms with Crippen molar-refractivity contribution < 1.29 is 0 Å². The predicted octanol–water partition coefficient (Wildman–Crippen LogP) is 15.5. The molecule has 0 fully saturated rings. The summed E-state index contributed by atoms with van der Waals surface area (Å²) in [6, 6.07) is 32.1. The third-order valence-corrected chi connectivity index (χ3v) is 16.9. The lowest BCUT2D eigenvalue weighted by atomic mass is 9.32. The van der Waals surface area contributed by atoms with Crippen LogP contribution in [0.1, 0.15) is 214 Å². The highest BCUT2D eigenvalue weighted by molar-refractivity contribution is 7.00. The molecule has 9 rings (SSSR count). The monoisotopic (exact) mass is 890 g/mol. The molecule has 2 aliphatic carbocycles. The lowest BCUT2D eigenvalue weighted by molar-refractivity contribution is 0.332. The van der Waals surface area contributed by atoms with Gasteiger partial charge in [0.25, 0.3) is 6.71 Å². The number of hydrogen-bond donors (Lipinski definition) is 0. The number of fused-ring (bicyclic) bond motifs is 8. The minimum absolute atomic E-state index is 0.00436. The average Bonchev–Trinajstić information content (AvgIpc) is 3.21. The molecule has 4 aliphatic rings. The Morgan fingerprint density at radius 3 is 1.33 bits per heavy atom. The summed E-state index contributed by atoms with van der Waals surface area (Å²) in [4.78, 5) is 5.34. The number of hydrogen-bond acceptors (Lipinski definition) is 3. The Hall–Kier alpha value is -4.75. The fourth-order valence-electron chi connectivity index (χ4n) is 12.4. The zero-order valence-corrected chi connectivity index (χ0v) is 45.2. The van der Waals surface area contributed by atoms with Gasteiger partial charge >= 0.3 is 0 Å². The Labute approximate surface area is 406 Å². The van der Waals surface area contributed by atoms with Crippen molar-refractivity contribution in [1.29, 1.82) is 5.26 Å². The van der Waals surface area contributed by atoms with E-state index in [2.05, 4.69) is 227 Å². The first-order valence-corrected chi connectivity index (χ1v) is 25.5. The second-order valence-corrected chi connectivity index (χ2v) is 28.0. The molecule has 0 saturated carbocycles. The fraction of sp³-hybridized carbons (Fsp3) is 0.508. The van der Waals surface area contributed by atoms with Crippen molar-refractivity contribution in [3.05, 3.63) is 123 Å². The van der Waals surface area contributed by atoms with Gasteiger partial charge in [0.15, 0.2) is 0 Å². The van der Waals surface area contributed by atoms with Crippen LogP contribution in [0.2, 0.25) is 0 Å². The summed E-state index contributed by atoms with van der Waals surface area (Å²) in [5, 5.41) is 11.4. The van der Waals surface area contributed by atoms with Crippen LogP contribution in [0.5, 0.6) is 0 Å². The summed E-state index contributed by atoms with van der Waals surface area (Å²) in [6.07, 6.45) is 4.49. The molecule has 0 amide bonds. The Morgan fingerprint density at radius 1 is 0.463 bits per heavy atom. The topological polar surface area (TPSA) is 30.3 Å². The summed E-state index contributed by atoms with van der Waals surface area (Å²) in [5.74, 6) is 0. The molecule has 0 spiro atoms. The first-order chi connectivity index (χ1) is 30.7. The van der Waals surface area contributed by atoms with Crippen molar-refractivity contribution >= 4 is 57.2 Å². The molecule has 2 aliphatic heterocycles. The number of benzene rings is 5. The standard InChI is InChI=1S/C63H80BN3/c1-56(2,3)39-21-22-43(59(10,11)12)48(36-39)67-50-32-38(37-65)31-49-53(50)64(47-26-24-45-52(55(47)67)63(19,20)30-28-61(45,15)16)46-25-23-44-51(62(17,18)29-27-60(44,13)14)54(46)66(49)42-34-40(57(4,5)6)33-41(35-42)58(7,8)9/h21-26,31-36H,27-30H2,1-20H3. The molecule has 5 aromatic carbocycles. The predicted molar refractivity (Wildman–Crippen MR) is 291 cm³/mol. The third kappa shape index (κ3) is 7.42. The Morgan fingerprint density at radius 2 is 0.896 bits per heavy atom. The van der Waals surface area contributed by atoms with E-state index in [4.69, 9.17) is 0 Å². The van der Waals surface area contributed by atoms with Crippen LogP contribution in [-0.4, -0.2) is 6.71 Å². The van der Waals surface area contributed by atoms with Crippen LogP contribution in [0, 0.1) is 11.3 Å². The number of rotatable bonds is 2. The molecule has 0 bridgehead atoms. The smallest absolute Gasteiger partial charge is 0.252 e. The van der Waals surface area contributed by atoms with Gasteiger partial charge in [0.05, 0.1) is 17.3 Å². The SMILES string of the molecule is CC(C)(C)c1cc(N2c3cc(C#N)cc4c3B(c3ccc5c(c32)C(C)(C)CCC5(C)C)c2ccc3c(c2N4c2cc(C(C)(C)C)ccc2C(C)(C)C)C(C)(C)CCC3(C)C)cc(C(C)(C)C)c1. The molecule has 2 heterocycles. The molecule has 67 heavy (non-hydrogen) atoms. The van der Waals surface area contributed by atoms with E-state index in [9.17, 15) is 5.26 Å². The van der Waals surface area contributed by atoms with E-state index in [1.54, 1.807) is 0 Å². The van der Waals surface area contributed by atoms with E-state index < -0.39 is 0 Å². The van der Waals surface area contributed by atoms with Crippen molar-refractivity contribution in [3.63, 3.8) is 0 Å². The molecule has 3 nitrogen and oxygen atoms in total. The van der Waals surface area contributed by atoms with Crippen LogP contribution in [0.3, 0.4) is 0 Å². The molecule has 0 aromatic heterocycles. The highest BCUT2D eigenvalue weighted by Crippen LogP contribution is 2.57. The number of anilines is 6. The van der Waals surface area contributed by atoms with Crippen LogP contribution in [0.25, 0.3) is 0 Å². The molecule has 0 N–H and O–H groups in total. The van der Waals surface area contributed by atoms with Crippen LogP contribution in [0.4, 0.5) is 34.1 Å².